The molecule has 2 N–H and O–H groups in total. The third-order valence-electron chi connectivity index (χ3n) is 7.73. The maximum atomic E-state index is 15.8. The van der Waals surface area contributed by atoms with Crippen molar-refractivity contribution in [1.82, 2.24) is 19.4 Å². The molecule has 0 aliphatic heterocycles. The smallest absolute Gasteiger partial charge is 0.330 e. The summed E-state index contributed by atoms with van der Waals surface area (Å²) in [6, 6.07) is 13.3. The first kappa shape index (κ1) is 30.8. The van der Waals surface area contributed by atoms with E-state index in [1.807, 2.05) is 12.1 Å². The molecule has 1 atom stereocenters. The van der Waals surface area contributed by atoms with E-state index in [-0.39, 0.29) is 21.8 Å². The molecule has 2 aromatic carbocycles. The van der Waals surface area contributed by atoms with E-state index >= 15 is 4.39 Å². The standard InChI is InChI=1S/C32H31ClFN5O5/c1-38-17-24(31(42)39(2)32(38)43)29(41)36-26-9-5-7-22(28(26)34)21-6-4-8-23(27(21)33)25-13-11-19(30(37-25)44-3)16-35-15-18-10-12-20(40)14-18/h4-9,11,13,17-18,35H,10,12,14-16H2,1-3H3,(H,36,41)/t18-/m1/s1. The van der Waals surface area contributed by atoms with Crippen molar-refractivity contribution in [3.8, 4) is 28.3 Å². The number of hydrogen-bond donors (Lipinski definition) is 2. The number of benzene rings is 2. The number of amides is 1. The molecule has 228 valence electrons. The summed E-state index contributed by atoms with van der Waals surface area (Å²) in [5, 5.41) is 6.06. The number of nitrogens with zero attached hydrogens (tertiary/aromatic N) is 3. The van der Waals surface area contributed by atoms with Crippen LogP contribution in [0.25, 0.3) is 22.4 Å². The van der Waals surface area contributed by atoms with Crippen LogP contribution in [0.5, 0.6) is 5.88 Å². The van der Waals surface area contributed by atoms with Gasteiger partial charge >= 0.3 is 5.69 Å². The maximum absolute atomic E-state index is 15.8. The number of ether oxygens (including phenoxy) is 1. The van der Waals surface area contributed by atoms with E-state index in [1.54, 1.807) is 24.3 Å². The van der Waals surface area contributed by atoms with E-state index in [0.29, 0.717) is 53.8 Å². The SMILES string of the molecule is COc1nc(-c2cccc(-c3cccc(NC(=O)c4cn(C)c(=O)n(C)c4=O)c3F)c2Cl)ccc1CNC[C@@H]1CCC(=O)C1. The third-order valence-corrected chi connectivity index (χ3v) is 8.14. The molecule has 1 aliphatic rings. The molecule has 4 aromatic rings. The predicted molar refractivity (Wildman–Crippen MR) is 166 cm³/mol. The number of ketones is 1. The van der Waals surface area contributed by atoms with Crippen LogP contribution < -0.4 is 26.6 Å². The normalized spacial score (nSPS) is 14.6. The number of methoxy groups -OCH3 is 1. The molecule has 1 amide bonds. The van der Waals surface area contributed by atoms with Gasteiger partial charge in [0.15, 0.2) is 5.82 Å². The van der Waals surface area contributed by atoms with E-state index in [1.165, 1.54) is 33.3 Å². The summed E-state index contributed by atoms with van der Waals surface area (Å²) in [5.74, 6) is -0.545. The van der Waals surface area contributed by atoms with E-state index < -0.39 is 23.0 Å². The van der Waals surface area contributed by atoms with Crippen molar-refractivity contribution in [2.75, 3.05) is 19.0 Å². The highest BCUT2D eigenvalue weighted by atomic mass is 35.5. The van der Waals surface area contributed by atoms with Crippen LogP contribution in [0.2, 0.25) is 5.02 Å². The number of nitrogens with one attached hydrogen (secondary N) is 2. The fraction of sp³-hybridized carbons (Fsp3) is 0.281. The second kappa shape index (κ2) is 12.9. The summed E-state index contributed by atoms with van der Waals surface area (Å²) in [6.07, 6.45) is 3.27. The average Bonchev–Trinajstić information content (AvgIpc) is 3.44. The van der Waals surface area contributed by atoms with Crippen LogP contribution in [0, 0.1) is 11.7 Å². The fourth-order valence-electron chi connectivity index (χ4n) is 5.33. The molecule has 1 saturated carbocycles. The Morgan fingerprint density at radius 1 is 1.07 bits per heavy atom. The first-order valence-corrected chi connectivity index (χ1v) is 14.4. The van der Waals surface area contributed by atoms with Crippen molar-refractivity contribution in [1.29, 1.82) is 0 Å². The fourth-order valence-corrected chi connectivity index (χ4v) is 5.66. The van der Waals surface area contributed by atoms with Crippen molar-refractivity contribution in [2.24, 2.45) is 20.0 Å². The Morgan fingerprint density at radius 3 is 2.52 bits per heavy atom. The summed E-state index contributed by atoms with van der Waals surface area (Å²) in [6.45, 7) is 1.25. The number of aromatic nitrogens is 3. The molecule has 2 heterocycles. The van der Waals surface area contributed by atoms with Crippen LogP contribution in [0.15, 0.2) is 64.3 Å². The van der Waals surface area contributed by atoms with Gasteiger partial charge in [0.05, 0.1) is 23.5 Å². The van der Waals surface area contributed by atoms with Crippen molar-refractivity contribution < 1.29 is 18.7 Å². The van der Waals surface area contributed by atoms with Gasteiger partial charge in [-0.05, 0) is 31.0 Å². The lowest BCUT2D eigenvalue weighted by molar-refractivity contribution is -0.117. The number of aryl methyl sites for hydroxylation is 1. The zero-order chi connectivity index (χ0) is 31.5. The van der Waals surface area contributed by atoms with Crippen molar-refractivity contribution in [2.45, 2.75) is 25.8 Å². The van der Waals surface area contributed by atoms with Gasteiger partial charge in [-0.2, -0.15) is 0 Å². The lowest BCUT2D eigenvalue weighted by Gasteiger charge is -2.15. The van der Waals surface area contributed by atoms with Gasteiger partial charge in [0.1, 0.15) is 11.3 Å². The molecule has 0 radical (unpaired) electrons. The van der Waals surface area contributed by atoms with Crippen LogP contribution >= 0.6 is 11.6 Å². The van der Waals surface area contributed by atoms with E-state index in [9.17, 15) is 19.2 Å². The summed E-state index contributed by atoms with van der Waals surface area (Å²) in [4.78, 5) is 53.6. The minimum absolute atomic E-state index is 0.126. The van der Waals surface area contributed by atoms with Gasteiger partial charge in [-0.25, -0.2) is 14.2 Å². The number of carbonyl (C=O) groups is 2. The highest BCUT2D eigenvalue weighted by Crippen LogP contribution is 2.39. The highest BCUT2D eigenvalue weighted by molar-refractivity contribution is 6.36. The van der Waals surface area contributed by atoms with Gasteiger partial charge in [-0.15, -0.1) is 0 Å². The third kappa shape index (κ3) is 6.20. The lowest BCUT2D eigenvalue weighted by atomic mass is 9.99. The summed E-state index contributed by atoms with van der Waals surface area (Å²) in [5.41, 5.74) is 0.544. The maximum Gasteiger partial charge on any atom is 0.330 e. The molecule has 10 nitrogen and oxygen atoms in total. The zero-order valence-electron chi connectivity index (χ0n) is 24.4. The summed E-state index contributed by atoms with van der Waals surface area (Å²) in [7, 11) is 4.20. The molecule has 12 heteroatoms. The van der Waals surface area contributed by atoms with Crippen LogP contribution in [-0.2, 0) is 25.4 Å². The van der Waals surface area contributed by atoms with Gasteiger partial charge in [-0.3, -0.25) is 19.0 Å². The predicted octanol–water partition coefficient (Wildman–Crippen LogP) is 4.33. The Bertz CT molecular complexity index is 1890. The van der Waals surface area contributed by atoms with Gasteiger partial charge in [0.2, 0.25) is 5.88 Å². The first-order chi connectivity index (χ1) is 21.1. The minimum atomic E-state index is -0.861. The summed E-state index contributed by atoms with van der Waals surface area (Å²) >= 11 is 6.83. The molecular weight excluding hydrogens is 589 g/mol. The zero-order valence-corrected chi connectivity index (χ0v) is 25.2. The largest absolute Gasteiger partial charge is 0.481 e. The molecule has 1 aliphatic carbocycles. The quantitative estimate of drug-likeness (QED) is 0.286. The molecule has 0 saturated heterocycles. The topological polar surface area (TPSA) is 124 Å². The molecule has 0 bridgehead atoms. The van der Waals surface area contributed by atoms with Gasteiger partial charge in [0, 0.05) is 61.9 Å². The second-order valence-corrected chi connectivity index (χ2v) is 11.1. The number of Topliss-reactive ketones (excluding diaryl/α,β-unsaturated/α-hetero) is 1. The monoisotopic (exact) mass is 619 g/mol. The Morgan fingerprint density at radius 2 is 1.80 bits per heavy atom. The van der Waals surface area contributed by atoms with Crippen LogP contribution in [0.4, 0.5) is 10.1 Å². The average molecular weight is 620 g/mol. The Kier molecular flexibility index (Phi) is 9.07. The molecule has 5 rings (SSSR count). The number of anilines is 1. The number of carbonyl (C=O) groups excluding carboxylic acids is 2. The molecular formula is C32H31ClFN5O5. The first-order valence-electron chi connectivity index (χ1n) is 14.0. The molecule has 0 spiro atoms. The van der Waals surface area contributed by atoms with Crippen LogP contribution in [0.1, 0.15) is 35.2 Å². The van der Waals surface area contributed by atoms with E-state index in [0.717, 1.165) is 33.9 Å². The minimum Gasteiger partial charge on any atom is -0.481 e. The van der Waals surface area contributed by atoms with Gasteiger partial charge in [-0.1, -0.05) is 48.0 Å². The Balaban J connectivity index is 1.40. The van der Waals surface area contributed by atoms with Crippen molar-refractivity contribution in [3.05, 3.63) is 97.5 Å². The Labute approximate surface area is 257 Å². The van der Waals surface area contributed by atoms with Crippen molar-refractivity contribution >= 4 is 29.0 Å². The van der Waals surface area contributed by atoms with E-state index in [2.05, 4.69) is 15.6 Å². The molecule has 1 fully saturated rings. The summed E-state index contributed by atoms with van der Waals surface area (Å²) < 4.78 is 23.3. The number of hydrogen-bond acceptors (Lipinski definition) is 7. The molecule has 44 heavy (non-hydrogen) atoms. The molecule has 2 aromatic heterocycles. The number of rotatable bonds is 9. The lowest BCUT2D eigenvalue weighted by Crippen LogP contribution is -2.40. The number of halogens is 2. The van der Waals surface area contributed by atoms with Gasteiger partial charge < -0.3 is 19.9 Å². The molecule has 0 unspecified atom stereocenters. The number of pyridine rings is 1. The van der Waals surface area contributed by atoms with E-state index in [4.69, 9.17) is 16.3 Å². The van der Waals surface area contributed by atoms with Gasteiger partial charge in [0.25, 0.3) is 11.5 Å². The highest BCUT2D eigenvalue weighted by Gasteiger charge is 2.22. The van der Waals surface area contributed by atoms with Crippen molar-refractivity contribution in [3.63, 3.8) is 0 Å². The van der Waals surface area contributed by atoms with Crippen LogP contribution in [0.3, 0.4) is 0 Å². The van der Waals surface area contributed by atoms with Crippen LogP contribution in [-0.4, -0.2) is 39.5 Å². The second-order valence-electron chi connectivity index (χ2n) is 10.7. The Hall–Kier alpha value is -4.61.